The lowest BCUT2D eigenvalue weighted by Gasteiger charge is -2.51. The molecule has 1 spiro atoms. The third-order valence-electron chi connectivity index (χ3n) is 7.43. The van der Waals surface area contributed by atoms with Gasteiger partial charge < -0.3 is 24.9 Å². The van der Waals surface area contributed by atoms with Crippen LogP contribution in [0.4, 0.5) is 5.69 Å². The lowest BCUT2D eigenvalue weighted by Crippen LogP contribution is -2.51. The van der Waals surface area contributed by atoms with Gasteiger partial charge in [0.1, 0.15) is 5.75 Å². The minimum atomic E-state index is -0.922. The number of methoxy groups -OCH3 is 1. The molecule has 7 heteroatoms. The summed E-state index contributed by atoms with van der Waals surface area (Å²) in [6.07, 6.45) is 4.08. The Hall–Kier alpha value is -3.03. The number of aryl methyl sites for hydroxylation is 1. The quantitative estimate of drug-likeness (QED) is 0.511. The van der Waals surface area contributed by atoms with E-state index in [0.29, 0.717) is 11.3 Å². The van der Waals surface area contributed by atoms with Gasteiger partial charge in [-0.15, -0.1) is 0 Å². The molecule has 0 saturated carbocycles. The van der Waals surface area contributed by atoms with Crippen molar-refractivity contribution in [3.8, 4) is 5.75 Å². The normalized spacial score (nSPS) is 20.0. The Kier molecular flexibility index (Phi) is 5.54. The molecule has 0 amide bonds. The van der Waals surface area contributed by atoms with Gasteiger partial charge in [-0.25, -0.2) is 4.79 Å². The van der Waals surface area contributed by atoms with Gasteiger partial charge in [-0.1, -0.05) is 6.07 Å². The molecule has 0 bridgehead atoms. The number of likely N-dealkylation sites (tertiary alicyclic amines) is 1. The number of anilines is 1. The van der Waals surface area contributed by atoms with Crippen molar-refractivity contribution in [3.05, 3.63) is 58.8 Å². The molecule has 2 fully saturated rings. The standard InChI is InChI=1S/C26H31N3O4/c1-16-10-23(32-3)20(18-6-8-28-24(16)18)13-29-9-7-26(14-33-15-26)12-22(29)17-4-5-19(25(30)31)21(11-17)27-2/h4-6,8,10-11,22,27-28H,7,9,12-15H2,1-3H3,(H,30,31)/t22-/m1/s1. The number of hydrogen-bond acceptors (Lipinski definition) is 5. The smallest absolute Gasteiger partial charge is 0.337 e. The van der Waals surface area contributed by atoms with Crippen molar-refractivity contribution in [3.63, 3.8) is 0 Å². The predicted molar refractivity (Wildman–Crippen MR) is 128 cm³/mol. The van der Waals surface area contributed by atoms with Crippen LogP contribution in [0.2, 0.25) is 0 Å². The van der Waals surface area contributed by atoms with Gasteiger partial charge in [0.2, 0.25) is 0 Å². The second kappa shape index (κ2) is 8.39. The van der Waals surface area contributed by atoms with Gasteiger partial charge in [-0.05, 0) is 61.7 Å². The summed E-state index contributed by atoms with van der Waals surface area (Å²) in [5, 5.41) is 13.8. The second-order valence-electron chi connectivity index (χ2n) is 9.43. The van der Waals surface area contributed by atoms with Crippen molar-refractivity contribution in [2.24, 2.45) is 5.41 Å². The molecule has 3 heterocycles. The number of carboxylic acid groups (broad SMARTS) is 1. The van der Waals surface area contributed by atoms with E-state index in [1.807, 2.05) is 18.3 Å². The van der Waals surface area contributed by atoms with E-state index in [-0.39, 0.29) is 11.5 Å². The van der Waals surface area contributed by atoms with E-state index in [9.17, 15) is 9.90 Å². The van der Waals surface area contributed by atoms with E-state index in [1.54, 1.807) is 20.2 Å². The first-order valence-electron chi connectivity index (χ1n) is 11.4. The molecule has 33 heavy (non-hydrogen) atoms. The van der Waals surface area contributed by atoms with Crippen LogP contribution in [-0.4, -0.2) is 54.9 Å². The molecule has 7 nitrogen and oxygen atoms in total. The van der Waals surface area contributed by atoms with E-state index < -0.39 is 5.97 Å². The molecule has 3 N–H and O–H groups in total. The number of piperidine rings is 1. The Labute approximate surface area is 193 Å². The van der Waals surface area contributed by atoms with Crippen LogP contribution in [-0.2, 0) is 11.3 Å². The Morgan fingerprint density at radius 1 is 1.33 bits per heavy atom. The zero-order valence-corrected chi connectivity index (χ0v) is 19.4. The van der Waals surface area contributed by atoms with E-state index in [0.717, 1.165) is 56.0 Å². The van der Waals surface area contributed by atoms with Crippen LogP contribution in [0.1, 0.15) is 45.9 Å². The number of H-pyrrole nitrogens is 1. The van der Waals surface area contributed by atoms with Crippen molar-refractivity contribution >= 4 is 22.6 Å². The molecular weight excluding hydrogens is 418 g/mol. The Balaban J connectivity index is 1.54. The summed E-state index contributed by atoms with van der Waals surface area (Å²) >= 11 is 0. The van der Waals surface area contributed by atoms with Gasteiger partial charge in [-0.3, -0.25) is 4.90 Å². The highest BCUT2D eigenvalue weighted by molar-refractivity contribution is 5.94. The summed E-state index contributed by atoms with van der Waals surface area (Å²) in [6, 6.07) is 10.1. The fourth-order valence-electron chi connectivity index (χ4n) is 5.50. The molecule has 174 valence electrons. The van der Waals surface area contributed by atoms with E-state index in [2.05, 4.69) is 34.3 Å². The summed E-state index contributed by atoms with van der Waals surface area (Å²) in [5.41, 5.74) is 5.77. The van der Waals surface area contributed by atoms with Gasteiger partial charge in [0.05, 0.1) is 25.9 Å². The Morgan fingerprint density at radius 2 is 2.15 bits per heavy atom. The lowest BCUT2D eigenvalue weighted by molar-refractivity contribution is -0.153. The highest BCUT2D eigenvalue weighted by Gasteiger charge is 2.45. The van der Waals surface area contributed by atoms with Crippen LogP contribution >= 0.6 is 0 Å². The summed E-state index contributed by atoms with van der Waals surface area (Å²) in [5.74, 6) is -0.0164. The van der Waals surface area contributed by atoms with E-state index >= 15 is 0 Å². The molecule has 2 aliphatic heterocycles. The van der Waals surface area contributed by atoms with Gasteiger partial charge >= 0.3 is 5.97 Å². The molecule has 3 aromatic rings. The topological polar surface area (TPSA) is 86.8 Å². The lowest BCUT2D eigenvalue weighted by atomic mass is 9.72. The molecular formula is C26H31N3O4. The third-order valence-corrected chi connectivity index (χ3v) is 7.43. The predicted octanol–water partition coefficient (Wildman–Crippen LogP) is 4.58. The first kappa shape index (κ1) is 21.8. The van der Waals surface area contributed by atoms with E-state index in [1.165, 1.54) is 16.5 Å². The Morgan fingerprint density at radius 3 is 2.82 bits per heavy atom. The van der Waals surface area contributed by atoms with Gasteiger partial charge in [0, 0.05) is 53.4 Å². The number of nitrogens with one attached hydrogen (secondary N) is 2. The van der Waals surface area contributed by atoms with Crippen LogP contribution < -0.4 is 10.1 Å². The van der Waals surface area contributed by atoms with E-state index in [4.69, 9.17) is 9.47 Å². The van der Waals surface area contributed by atoms with Crippen LogP contribution in [0.25, 0.3) is 10.9 Å². The molecule has 5 rings (SSSR count). The monoisotopic (exact) mass is 449 g/mol. The number of carbonyl (C=O) groups is 1. The number of rotatable bonds is 6. The van der Waals surface area contributed by atoms with Gasteiger partial charge in [0.25, 0.3) is 0 Å². The van der Waals surface area contributed by atoms with Gasteiger partial charge in [-0.2, -0.15) is 0 Å². The number of ether oxygens (including phenoxy) is 2. The second-order valence-corrected chi connectivity index (χ2v) is 9.43. The minimum Gasteiger partial charge on any atom is -0.496 e. The number of aromatic carboxylic acids is 1. The molecule has 0 unspecified atom stereocenters. The Bertz CT molecular complexity index is 1200. The highest BCUT2D eigenvalue weighted by Crippen LogP contribution is 2.48. The van der Waals surface area contributed by atoms with Crippen LogP contribution in [0.5, 0.6) is 5.75 Å². The molecule has 0 radical (unpaired) electrons. The fraction of sp³-hybridized carbons (Fsp3) is 0.423. The molecule has 2 aliphatic rings. The maximum Gasteiger partial charge on any atom is 0.337 e. The van der Waals surface area contributed by atoms with Crippen molar-refractivity contribution in [1.82, 2.24) is 9.88 Å². The number of carboxylic acids is 1. The summed E-state index contributed by atoms with van der Waals surface area (Å²) in [4.78, 5) is 17.5. The third kappa shape index (κ3) is 3.75. The maximum atomic E-state index is 11.6. The van der Waals surface area contributed by atoms with Crippen LogP contribution in [0.15, 0.2) is 36.5 Å². The maximum absolute atomic E-state index is 11.6. The first-order chi connectivity index (χ1) is 15.9. The number of fused-ring (bicyclic) bond motifs is 1. The zero-order chi connectivity index (χ0) is 23.2. The number of aromatic nitrogens is 1. The average Bonchev–Trinajstić information content (AvgIpc) is 3.30. The SMILES string of the molecule is CNc1cc([C@H]2CC3(CCN2Cc2c(OC)cc(C)c4[nH]ccc24)COC3)ccc1C(=O)O. The largest absolute Gasteiger partial charge is 0.496 e. The van der Waals surface area contributed by atoms with Crippen molar-refractivity contribution < 1.29 is 19.4 Å². The molecule has 2 saturated heterocycles. The van der Waals surface area contributed by atoms with Crippen molar-refractivity contribution in [1.29, 1.82) is 0 Å². The number of hydrogen-bond donors (Lipinski definition) is 3. The van der Waals surface area contributed by atoms with Crippen LogP contribution in [0, 0.1) is 12.3 Å². The molecule has 1 atom stereocenters. The first-order valence-corrected chi connectivity index (χ1v) is 11.4. The fourth-order valence-corrected chi connectivity index (χ4v) is 5.50. The molecule has 2 aromatic carbocycles. The minimum absolute atomic E-state index is 0.164. The number of nitrogens with zero attached hydrogens (tertiary/aromatic N) is 1. The van der Waals surface area contributed by atoms with Crippen molar-refractivity contribution in [2.45, 2.75) is 32.4 Å². The summed E-state index contributed by atoms with van der Waals surface area (Å²) in [7, 11) is 3.50. The summed E-state index contributed by atoms with van der Waals surface area (Å²) in [6.45, 7) is 5.42. The molecule has 1 aromatic heterocycles. The van der Waals surface area contributed by atoms with Crippen LogP contribution in [0.3, 0.4) is 0 Å². The number of aromatic amines is 1. The van der Waals surface area contributed by atoms with Gasteiger partial charge in [0.15, 0.2) is 0 Å². The van der Waals surface area contributed by atoms with Crippen molar-refractivity contribution in [2.75, 3.05) is 39.2 Å². The summed E-state index contributed by atoms with van der Waals surface area (Å²) < 4.78 is 11.4. The zero-order valence-electron chi connectivity index (χ0n) is 19.4. The molecule has 0 aliphatic carbocycles. The number of benzene rings is 2. The highest BCUT2D eigenvalue weighted by atomic mass is 16.5. The average molecular weight is 450 g/mol.